The van der Waals surface area contributed by atoms with E-state index in [0.717, 1.165) is 17.5 Å². The van der Waals surface area contributed by atoms with E-state index < -0.39 is 23.7 Å². The number of anilines is 2. The van der Waals surface area contributed by atoms with Crippen molar-refractivity contribution in [2.24, 2.45) is 0 Å². The van der Waals surface area contributed by atoms with Crippen molar-refractivity contribution >= 4 is 34.5 Å². The van der Waals surface area contributed by atoms with E-state index >= 15 is 0 Å². The Morgan fingerprint density at radius 3 is 2.26 bits per heavy atom. The Balaban J connectivity index is 0.000000436. The van der Waals surface area contributed by atoms with Gasteiger partial charge in [-0.2, -0.15) is 13.2 Å². The summed E-state index contributed by atoms with van der Waals surface area (Å²) in [5.41, 5.74) is 1.66. The van der Waals surface area contributed by atoms with Crippen LogP contribution in [0, 0.1) is 6.92 Å². The number of carbonyl (C=O) groups is 2. The van der Waals surface area contributed by atoms with E-state index in [1.807, 2.05) is 12.1 Å². The lowest BCUT2D eigenvalue weighted by Gasteiger charge is -2.16. The molecule has 0 atom stereocenters. The van der Waals surface area contributed by atoms with E-state index in [4.69, 9.17) is 10.2 Å². The van der Waals surface area contributed by atoms with E-state index in [1.165, 1.54) is 12.3 Å². The summed E-state index contributed by atoms with van der Waals surface area (Å²) in [7, 11) is 0. The fourth-order valence-corrected chi connectivity index (χ4v) is 3.31. The lowest BCUT2D eigenvalue weighted by atomic mass is 9.99. The van der Waals surface area contributed by atoms with E-state index in [9.17, 15) is 27.9 Å². The highest BCUT2D eigenvalue weighted by Gasteiger charge is 2.31. The van der Waals surface area contributed by atoms with Crippen molar-refractivity contribution in [2.75, 3.05) is 5.32 Å². The average Bonchev–Trinajstić information content (AvgIpc) is 2.85. The van der Waals surface area contributed by atoms with Crippen LogP contribution in [0.25, 0.3) is 10.9 Å². The summed E-state index contributed by atoms with van der Waals surface area (Å²) in [6.07, 6.45) is -0.0719. The van der Waals surface area contributed by atoms with E-state index in [1.54, 1.807) is 31.3 Å². The number of hydrogen-bond donors (Lipinski definition) is 4. The minimum absolute atomic E-state index is 0.00533. The third-order valence-electron chi connectivity index (χ3n) is 5.06. The Kier molecular flexibility index (Phi) is 8.58. The molecule has 0 aliphatic carbocycles. The number of halogens is 3. The largest absolute Gasteiger partial charge is 0.505 e. The molecular weight excluding hydrogens is 505 g/mol. The van der Waals surface area contributed by atoms with Crippen LogP contribution in [-0.4, -0.2) is 42.2 Å². The number of phenolic OH excluding ortho intramolecular Hbond substituents is 1. The number of alkyl halides is 3. The van der Waals surface area contributed by atoms with Gasteiger partial charge in [0.05, 0.1) is 5.56 Å². The number of aromatic hydroxyl groups is 1. The lowest BCUT2D eigenvalue weighted by Crippen LogP contribution is -2.08. The average molecular weight is 526 g/mol. The summed E-state index contributed by atoms with van der Waals surface area (Å²) in [6, 6.07) is 12.3. The molecule has 0 aliphatic rings. The quantitative estimate of drug-likeness (QED) is 0.252. The van der Waals surface area contributed by atoms with Crippen molar-refractivity contribution < 1.29 is 38.1 Å². The van der Waals surface area contributed by atoms with Crippen molar-refractivity contribution in [1.82, 2.24) is 15.0 Å². The Morgan fingerprint density at radius 2 is 1.63 bits per heavy atom. The van der Waals surface area contributed by atoms with Gasteiger partial charge in [-0.25, -0.2) is 19.6 Å². The number of pyridine rings is 1. The monoisotopic (exact) mass is 526 g/mol. The molecule has 0 radical (unpaired) electrons. The van der Waals surface area contributed by atoms with E-state index in [2.05, 4.69) is 20.3 Å². The number of aryl methyl sites for hydroxylation is 1. The predicted molar refractivity (Wildman–Crippen MR) is 132 cm³/mol. The second kappa shape index (κ2) is 11.8. The van der Waals surface area contributed by atoms with Crippen LogP contribution in [0.5, 0.6) is 5.75 Å². The number of hydrogen-bond acceptors (Lipinski definition) is 7. The Bertz CT molecular complexity index is 1490. The van der Waals surface area contributed by atoms with Crippen LogP contribution < -0.4 is 5.32 Å². The smallest absolute Gasteiger partial charge is 0.416 e. The fourth-order valence-electron chi connectivity index (χ4n) is 3.31. The van der Waals surface area contributed by atoms with Crippen LogP contribution in [0.2, 0.25) is 0 Å². The molecule has 0 bridgehead atoms. The van der Waals surface area contributed by atoms with Gasteiger partial charge in [-0.3, -0.25) is 4.98 Å². The van der Waals surface area contributed by atoms with Gasteiger partial charge in [-0.1, -0.05) is 24.3 Å². The number of carboxylic acid groups (broad SMARTS) is 2. The van der Waals surface area contributed by atoms with Gasteiger partial charge in [0.2, 0.25) is 5.95 Å². The minimum Gasteiger partial charge on any atom is -0.505 e. The first-order valence-corrected chi connectivity index (χ1v) is 10.9. The zero-order valence-corrected chi connectivity index (χ0v) is 19.8. The molecule has 0 fully saturated rings. The van der Waals surface area contributed by atoms with Gasteiger partial charge in [-0.15, -0.1) is 0 Å². The number of carboxylic acids is 2. The second-order valence-electron chi connectivity index (χ2n) is 7.85. The summed E-state index contributed by atoms with van der Waals surface area (Å²) < 4.78 is 39.8. The molecule has 0 amide bonds. The maximum atomic E-state index is 13.3. The number of aliphatic carboxylic acids is 2. The SMILES string of the molecule is Cc1ccnc(Nc2cc(C(F)(F)F)ccc2Cc2ccc3cccnc3c2O)n1.O=C(O)/C=C/C(=O)O. The van der Waals surface area contributed by atoms with Crippen molar-refractivity contribution in [3.8, 4) is 5.75 Å². The molecule has 2 aromatic heterocycles. The van der Waals surface area contributed by atoms with Crippen LogP contribution in [-0.2, 0) is 22.2 Å². The van der Waals surface area contributed by atoms with Gasteiger partial charge in [0.1, 0.15) is 11.3 Å². The first kappa shape index (κ1) is 27.6. The summed E-state index contributed by atoms with van der Waals surface area (Å²) in [4.78, 5) is 31.6. The molecule has 38 heavy (non-hydrogen) atoms. The summed E-state index contributed by atoms with van der Waals surface area (Å²) >= 11 is 0. The summed E-state index contributed by atoms with van der Waals surface area (Å²) in [5, 5.41) is 29.9. The van der Waals surface area contributed by atoms with Gasteiger partial charge in [-0.05, 0) is 36.8 Å². The zero-order valence-electron chi connectivity index (χ0n) is 19.8. The maximum Gasteiger partial charge on any atom is 0.416 e. The normalized spacial score (nSPS) is 11.2. The molecule has 196 valence electrons. The molecule has 4 rings (SSSR count). The Hall–Kier alpha value is -5.00. The Labute approximate surface area is 214 Å². The van der Waals surface area contributed by atoms with Crippen molar-refractivity contribution in [3.05, 3.63) is 95.5 Å². The third-order valence-corrected chi connectivity index (χ3v) is 5.06. The number of rotatable bonds is 6. The molecule has 9 nitrogen and oxygen atoms in total. The molecule has 2 aromatic carbocycles. The van der Waals surface area contributed by atoms with Crippen LogP contribution in [0.4, 0.5) is 24.8 Å². The van der Waals surface area contributed by atoms with Gasteiger partial charge in [0, 0.05) is 53.3 Å². The second-order valence-corrected chi connectivity index (χ2v) is 7.85. The highest BCUT2D eigenvalue weighted by Crippen LogP contribution is 2.35. The van der Waals surface area contributed by atoms with Gasteiger partial charge >= 0.3 is 18.1 Å². The molecule has 0 saturated carbocycles. The number of aromatic nitrogens is 3. The van der Waals surface area contributed by atoms with Crippen LogP contribution in [0.1, 0.15) is 22.4 Å². The summed E-state index contributed by atoms with van der Waals surface area (Å²) in [6.45, 7) is 1.76. The standard InChI is InChI=1S/C22H17F3N4O.C4H4O4/c1-13-8-10-27-21(28-13)29-18-12-17(22(23,24)25)7-6-15(18)11-16-5-4-14-3-2-9-26-19(14)20(16)30;5-3(6)1-2-4(7)8/h2-10,12,30H,11H2,1H3,(H,27,28,29);1-2H,(H,5,6)(H,7,8)/b;2-1+. The van der Waals surface area contributed by atoms with E-state index in [0.29, 0.717) is 34.5 Å². The molecular formula is C26H21F3N4O5. The van der Waals surface area contributed by atoms with Crippen molar-refractivity contribution in [3.63, 3.8) is 0 Å². The van der Waals surface area contributed by atoms with Crippen molar-refractivity contribution in [1.29, 1.82) is 0 Å². The number of nitrogens with zero attached hydrogens (tertiary/aromatic N) is 3. The molecule has 0 spiro atoms. The van der Waals surface area contributed by atoms with Gasteiger partial charge in [0.15, 0.2) is 0 Å². The zero-order chi connectivity index (χ0) is 27.9. The maximum absolute atomic E-state index is 13.3. The van der Waals surface area contributed by atoms with E-state index in [-0.39, 0.29) is 23.8 Å². The first-order chi connectivity index (χ1) is 17.9. The number of phenols is 1. The Morgan fingerprint density at radius 1 is 0.947 bits per heavy atom. The lowest BCUT2D eigenvalue weighted by molar-refractivity contribution is -0.137. The first-order valence-electron chi connectivity index (χ1n) is 10.9. The molecule has 0 aliphatic heterocycles. The number of nitrogens with one attached hydrogen (secondary N) is 1. The number of benzene rings is 2. The van der Waals surface area contributed by atoms with Crippen molar-refractivity contribution in [2.45, 2.75) is 19.5 Å². The predicted octanol–water partition coefficient (Wildman–Crippen LogP) is 5.10. The number of fused-ring (bicyclic) bond motifs is 1. The summed E-state index contributed by atoms with van der Waals surface area (Å²) in [5.74, 6) is -2.31. The van der Waals surface area contributed by atoms with Gasteiger partial charge < -0.3 is 20.6 Å². The molecule has 0 unspecified atom stereocenters. The fraction of sp³-hybridized carbons (Fsp3) is 0.115. The highest BCUT2D eigenvalue weighted by molar-refractivity contribution is 5.89. The van der Waals surface area contributed by atoms with Gasteiger partial charge in [0.25, 0.3) is 0 Å². The molecule has 4 aromatic rings. The topological polar surface area (TPSA) is 146 Å². The molecule has 0 saturated heterocycles. The molecule has 4 N–H and O–H groups in total. The molecule has 12 heteroatoms. The molecule has 2 heterocycles. The third kappa shape index (κ3) is 7.50. The van der Waals surface area contributed by atoms with Crippen LogP contribution >= 0.6 is 0 Å². The minimum atomic E-state index is -4.49. The highest BCUT2D eigenvalue weighted by atomic mass is 19.4. The van der Waals surface area contributed by atoms with Crippen LogP contribution in [0.15, 0.2) is 73.1 Å². The van der Waals surface area contributed by atoms with Crippen LogP contribution in [0.3, 0.4) is 0 Å².